The monoisotopic (exact) mass is 492 g/mol. The van der Waals surface area contributed by atoms with Gasteiger partial charge in [-0.15, -0.1) is 0 Å². The quantitative estimate of drug-likeness (QED) is 0.275. The topological polar surface area (TPSA) is 143 Å². The SMILES string of the molecule is CCCCCCCCCCCCNC(=O)CCC(=O)[O-].CN(C)c1ccc(C(=O)[O-])cc1.[Al+3].[OH-]. The van der Waals surface area contributed by atoms with Crippen LogP contribution >= 0.6 is 0 Å². The summed E-state index contributed by atoms with van der Waals surface area (Å²) in [6.07, 6.45) is 12.5. The number of hydrogen-bond acceptors (Lipinski definition) is 7. The van der Waals surface area contributed by atoms with Gasteiger partial charge in [0.1, 0.15) is 0 Å². The first-order chi connectivity index (χ1) is 15.3. The maximum absolute atomic E-state index is 11.2. The number of unbranched alkanes of at least 4 members (excludes halogenated alkanes) is 9. The maximum Gasteiger partial charge on any atom is 3.00 e. The van der Waals surface area contributed by atoms with Gasteiger partial charge in [0.25, 0.3) is 0 Å². The molecule has 0 fully saturated rings. The van der Waals surface area contributed by atoms with Gasteiger partial charge >= 0.3 is 17.4 Å². The summed E-state index contributed by atoms with van der Waals surface area (Å²) in [5, 5.41) is 23.3. The van der Waals surface area contributed by atoms with Crippen molar-refractivity contribution in [2.75, 3.05) is 25.5 Å². The van der Waals surface area contributed by atoms with Gasteiger partial charge in [-0.1, -0.05) is 76.8 Å². The molecule has 0 radical (unpaired) electrons. The van der Waals surface area contributed by atoms with E-state index >= 15 is 0 Å². The molecule has 1 amide bonds. The molecular weight excluding hydrogens is 451 g/mol. The average molecular weight is 493 g/mol. The molecule has 0 atom stereocenters. The normalized spacial score (nSPS) is 9.50. The van der Waals surface area contributed by atoms with Crippen LogP contribution in [0.1, 0.15) is 94.3 Å². The summed E-state index contributed by atoms with van der Waals surface area (Å²) in [7, 11) is 3.79. The number of benzene rings is 1. The molecule has 0 aliphatic rings. The molecule has 0 saturated heterocycles. The van der Waals surface area contributed by atoms with E-state index in [1.54, 1.807) is 12.1 Å². The Labute approximate surface area is 215 Å². The molecule has 9 heteroatoms. The van der Waals surface area contributed by atoms with Crippen LogP contribution in [-0.4, -0.2) is 61.3 Å². The number of carboxylic acid groups (broad SMARTS) is 2. The third-order valence-corrected chi connectivity index (χ3v) is 5.03. The first-order valence-corrected chi connectivity index (χ1v) is 11.7. The Bertz CT molecular complexity index is 653. The van der Waals surface area contributed by atoms with Gasteiger partial charge in [-0.3, -0.25) is 4.79 Å². The minimum atomic E-state index is -1.17. The Balaban J connectivity index is -0.000000590. The number of nitrogens with zero attached hydrogens (tertiary/aromatic N) is 1. The fourth-order valence-corrected chi connectivity index (χ4v) is 3.04. The minimum Gasteiger partial charge on any atom is -0.870 e. The molecule has 190 valence electrons. The molecule has 34 heavy (non-hydrogen) atoms. The van der Waals surface area contributed by atoms with E-state index in [2.05, 4.69) is 12.2 Å². The van der Waals surface area contributed by atoms with Crippen LogP contribution in [0.5, 0.6) is 0 Å². The van der Waals surface area contributed by atoms with Crippen LogP contribution in [0.2, 0.25) is 0 Å². The zero-order valence-corrected chi connectivity index (χ0v) is 22.2. The predicted octanol–water partition coefficient (Wildman–Crippen LogP) is 2.11. The molecule has 0 unspecified atom stereocenters. The van der Waals surface area contributed by atoms with Crippen molar-refractivity contribution in [3.8, 4) is 0 Å². The summed E-state index contributed by atoms with van der Waals surface area (Å²) < 4.78 is 0. The molecule has 0 aliphatic carbocycles. The van der Waals surface area contributed by atoms with Gasteiger partial charge in [0, 0.05) is 38.7 Å². The maximum atomic E-state index is 11.2. The second-order valence-corrected chi connectivity index (χ2v) is 8.13. The van der Waals surface area contributed by atoms with Gasteiger partial charge in [-0.05, 0) is 30.5 Å². The van der Waals surface area contributed by atoms with Gasteiger partial charge in [-0.25, -0.2) is 0 Å². The molecule has 2 N–H and O–H groups in total. The number of nitrogens with one attached hydrogen (secondary N) is 1. The Morgan fingerprint density at radius 2 is 1.26 bits per heavy atom. The van der Waals surface area contributed by atoms with Crippen molar-refractivity contribution < 1.29 is 30.1 Å². The molecule has 0 saturated carbocycles. The smallest absolute Gasteiger partial charge is 0.870 e. The number of aliphatic carboxylic acids is 1. The molecule has 0 bridgehead atoms. The number of amides is 1. The Morgan fingerprint density at radius 3 is 1.68 bits per heavy atom. The number of carboxylic acids is 2. The summed E-state index contributed by atoms with van der Waals surface area (Å²) in [6, 6.07) is 6.55. The largest absolute Gasteiger partial charge is 3.00 e. The fourth-order valence-electron chi connectivity index (χ4n) is 3.04. The Hall–Kier alpha value is -2.08. The number of rotatable bonds is 16. The Morgan fingerprint density at radius 1 is 0.794 bits per heavy atom. The predicted molar refractivity (Wildman–Crippen MR) is 132 cm³/mol. The third-order valence-electron chi connectivity index (χ3n) is 5.03. The molecule has 0 aromatic heterocycles. The van der Waals surface area contributed by atoms with E-state index in [9.17, 15) is 24.6 Å². The van der Waals surface area contributed by atoms with Crippen molar-refractivity contribution in [2.24, 2.45) is 0 Å². The third kappa shape index (κ3) is 21.8. The van der Waals surface area contributed by atoms with Crippen molar-refractivity contribution >= 4 is 40.9 Å². The average Bonchev–Trinajstić information content (AvgIpc) is 2.76. The Kier molecular flexibility index (Phi) is 25.8. The van der Waals surface area contributed by atoms with Gasteiger partial charge in [0.2, 0.25) is 5.91 Å². The van der Waals surface area contributed by atoms with E-state index in [1.165, 1.54) is 63.5 Å². The molecule has 8 nitrogen and oxygen atoms in total. The standard InChI is InChI=1S/C16H31NO3.C9H11NO2.Al.H2O/c1-2-3-4-5-6-7-8-9-10-11-14-17-15(18)12-13-16(19)20;1-10(2)8-5-3-7(4-6-8)9(11)12;;/h2-14H2,1H3,(H,17,18)(H,19,20);3-6H,1-2H3,(H,11,12);;1H2/q;;+3;/p-3. The second kappa shape index (κ2) is 24.1. The van der Waals surface area contributed by atoms with Crippen LogP contribution < -0.4 is 20.4 Å². The number of hydrogen-bond donors (Lipinski definition) is 1. The zero-order valence-electron chi connectivity index (χ0n) is 21.0. The summed E-state index contributed by atoms with van der Waals surface area (Å²) in [5.74, 6) is -2.50. The zero-order chi connectivity index (χ0) is 24.2. The van der Waals surface area contributed by atoms with E-state index in [-0.39, 0.29) is 47.1 Å². The van der Waals surface area contributed by atoms with Crippen LogP contribution in [0.3, 0.4) is 0 Å². The minimum absolute atomic E-state index is 0. The molecule has 0 aliphatic heterocycles. The molecule has 1 aromatic rings. The number of anilines is 1. The molecule has 1 rings (SSSR count). The van der Waals surface area contributed by atoms with Gasteiger partial charge in [-0.2, -0.15) is 0 Å². The van der Waals surface area contributed by atoms with E-state index in [0.717, 1.165) is 18.5 Å². The fraction of sp³-hybridized carbons (Fsp3) is 0.640. The van der Waals surface area contributed by atoms with Crippen molar-refractivity contribution in [1.82, 2.24) is 5.32 Å². The van der Waals surface area contributed by atoms with Crippen LogP contribution in [0, 0.1) is 0 Å². The van der Waals surface area contributed by atoms with Crippen molar-refractivity contribution in [3.05, 3.63) is 29.8 Å². The summed E-state index contributed by atoms with van der Waals surface area (Å²) in [5.41, 5.74) is 1.18. The first-order valence-electron chi connectivity index (χ1n) is 11.7. The van der Waals surface area contributed by atoms with Crippen molar-refractivity contribution in [2.45, 2.75) is 84.0 Å². The van der Waals surface area contributed by atoms with Crippen LogP contribution in [-0.2, 0) is 9.59 Å². The van der Waals surface area contributed by atoms with Gasteiger partial charge in [0.15, 0.2) is 0 Å². The van der Waals surface area contributed by atoms with Crippen molar-refractivity contribution in [3.63, 3.8) is 0 Å². The summed E-state index contributed by atoms with van der Waals surface area (Å²) in [4.78, 5) is 33.6. The second-order valence-electron chi connectivity index (χ2n) is 8.13. The van der Waals surface area contributed by atoms with Crippen LogP contribution in [0.25, 0.3) is 0 Å². The van der Waals surface area contributed by atoms with E-state index in [1.807, 2.05) is 19.0 Å². The van der Waals surface area contributed by atoms with Gasteiger partial charge < -0.3 is 35.5 Å². The van der Waals surface area contributed by atoms with Gasteiger partial charge in [0.05, 0.1) is 5.97 Å². The van der Waals surface area contributed by atoms with Crippen LogP contribution in [0.4, 0.5) is 5.69 Å². The van der Waals surface area contributed by atoms with E-state index < -0.39 is 11.9 Å². The van der Waals surface area contributed by atoms with Crippen molar-refractivity contribution in [1.29, 1.82) is 0 Å². The number of carbonyl (C=O) groups excluding carboxylic acids is 3. The van der Waals surface area contributed by atoms with Crippen LogP contribution in [0.15, 0.2) is 24.3 Å². The first kappa shape index (κ1) is 36.5. The summed E-state index contributed by atoms with van der Waals surface area (Å²) >= 11 is 0. The van der Waals surface area contributed by atoms with E-state index in [4.69, 9.17) is 0 Å². The van der Waals surface area contributed by atoms with E-state index in [0.29, 0.717) is 6.54 Å². The number of carbonyl (C=O) groups is 3. The molecule has 0 spiro atoms. The summed E-state index contributed by atoms with van der Waals surface area (Å²) in [6.45, 7) is 2.89. The molecular formula is C25H41AlN2O6. The number of aromatic carboxylic acids is 1. The molecule has 0 heterocycles. The molecule has 1 aromatic carbocycles.